The molecule has 1 unspecified atom stereocenters. The molecule has 0 aromatic carbocycles. The number of hydrogen-bond donors (Lipinski definition) is 1. The van der Waals surface area contributed by atoms with Crippen molar-refractivity contribution in [3.63, 3.8) is 0 Å². The van der Waals surface area contributed by atoms with E-state index in [4.69, 9.17) is 0 Å². The average molecular weight is 256 g/mol. The zero-order chi connectivity index (χ0) is 9.78. The maximum atomic E-state index is 10.7. The Kier molecular flexibility index (Phi) is 7.49. The number of carbonyl (C=O) groups is 1. The van der Waals surface area contributed by atoms with Gasteiger partial charge in [0, 0.05) is 0 Å². The van der Waals surface area contributed by atoms with Gasteiger partial charge in [0.1, 0.15) is 12.6 Å². The van der Waals surface area contributed by atoms with Gasteiger partial charge in [-0.2, -0.15) is 0 Å². The molecule has 0 heterocycles. The highest BCUT2D eigenvalue weighted by Gasteiger charge is 2.18. The minimum Gasteiger partial charge on any atom is -1.00 e. The standard InChI is InChI=1S/C8H18NO3.BrH/c1-9(2,3)6-7(10)5-8(11)12-4;/h7,10H,5-6H2,1-4H3;1H/q+1;/p-1. The number of rotatable bonds is 4. The number of nitrogens with zero attached hydrogens (tertiary/aromatic N) is 1. The molecule has 0 fully saturated rings. The van der Waals surface area contributed by atoms with Crippen LogP contribution >= 0.6 is 0 Å². The van der Waals surface area contributed by atoms with Crippen molar-refractivity contribution in [2.24, 2.45) is 0 Å². The van der Waals surface area contributed by atoms with Crippen molar-refractivity contribution < 1.29 is 36.1 Å². The van der Waals surface area contributed by atoms with Crippen LogP contribution in [0.4, 0.5) is 0 Å². The molecule has 0 saturated heterocycles. The van der Waals surface area contributed by atoms with E-state index in [1.807, 2.05) is 21.1 Å². The van der Waals surface area contributed by atoms with Crippen LogP contribution in [0, 0.1) is 0 Å². The van der Waals surface area contributed by atoms with E-state index in [-0.39, 0.29) is 29.4 Å². The van der Waals surface area contributed by atoms with Crippen molar-refractivity contribution in [2.45, 2.75) is 12.5 Å². The Hall–Kier alpha value is -0.130. The number of methoxy groups -OCH3 is 1. The van der Waals surface area contributed by atoms with E-state index in [0.29, 0.717) is 11.0 Å². The van der Waals surface area contributed by atoms with Gasteiger partial charge < -0.3 is 31.3 Å². The minimum absolute atomic E-state index is 0. The molecule has 5 heteroatoms. The second-order valence-electron chi connectivity index (χ2n) is 3.91. The highest BCUT2D eigenvalue weighted by atomic mass is 79.9. The molecule has 0 bridgehead atoms. The van der Waals surface area contributed by atoms with E-state index in [1.165, 1.54) is 7.11 Å². The second kappa shape index (κ2) is 6.34. The fourth-order valence-electron chi connectivity index (χ4n) is 0.973. The van der Waals surface area contributed by atoms with Gasteiger partial charge in [-0.25, -0.2) is 0 Å². The summed E-state index contributed by atoms with van der Waals surface area (Å²) in [5.74, 6) is -0.365. The van der Waals surface area contributed by atoms with Gasteiger partial charge in [0.2, 0.25) is 0 Å². The molecule has 0 aliphatic rings. The Morgan fingerprint density at radius 1 is 1.46 bits per heavy atom. The molecule has 0 amide bonds. The van der Waals surface area contributed by atoms with Crippen LogP contribution in [0.5, 0.6) is 0 Å². The second-order valence-corrected chi connectivity index (χ2v) is 3.91. The first kappa shape index (κ1) is 15.3. The lowest BCUT2D eigenvalue weighted by Crippen LogP contribution is -3.00. The number of esters is 1. The predicted octanol–water partition coefficient (Wildman–Crippen LogP) is -3.38. The average Bonchev–Trinajstić information content (AvgIpc) is 1.82. The molecule has 1 N–H and O–H groups in total. The van der Waals surface area contributed by atoms with Crippen LogP contribution in [0.25, 0.3) is 0 Å². The molecule has 0 aromatic heterocycles. The fraction of sp³-hybridized carbons (Fsp3) is 0.875. The quantitative estimate of drug-likeness (QED) is 0.422. The van der Waals surface area contributed by atoms with Crippen LogP contribution < -0.4 is 17.0 Å². The summed E-state index contributed by atoms with van der Waals surface area (Å²) in [6.07, 6.45) is -0.538. The molecule has 13 heavy (non-hydrogen) atoms. The van der Waals surface area contributed by atoms with Gasteiger partial charge in [-0.05, 0) is 0 Å². The van der Waals surface area contributed by atoms with Crippen molar-refractivity contribution >= 4 is 5.97 Å². The number of quaternary nitrogens is 1. The molecule has 0 saturated carbocycles. The van der Waals surface area contributed by atoms with E-state index in [2.05, 4.69) is 4.74 Å². The van der Waals surface area contributed by atoms with Crippen molar-refractivity contribution in [1.82, 2.24) is 0 Å². The van der Waals surface area contributed by atoms with Gasteiger partial charge in [0.05, 0.1) is 34.7 Å². The molecule has 0 aliphatic carbocycles. The summed E-state index contributed by atoms with van der Waals surface area (Å²) in [5, 5.41) is 9.37. The molecular formula is C8H18BrNO3. The lowest BCUT2D eigenvalue weighted by molar-refractivity contribution is -0.873. The summed E-state index contributed by atoms with van der Waals surface area (Å²) in [6, 6.07) is 0. The van der Waals surface area contributed by atoms with Gasteiger partial charge in [0.15, 0.2) is 0 Å². The first-order valence-corrected chi connectivity index (χ1v) is 3.90. The molecule has 0 aromatic rings. The predicted molar refractivity (Wildman–Crippen MR) is 45.5 cm³/mol. The van der Waals surface area contributed by atoms with Crippen LogP contribution in [0.3, 0.4) is 0 Å². The SMILES string of the molecule is COC(=O)CC(O)C[N+](C)(C)C.[Br-]. The molecule has 4 nitrogen and oxygen atoms in total. The number of ether oxygens (including phenoxy) is 1. The molecular weight excluding hydrogens is 238 g/mol. The maximum Gasteiger partial charge on any atom is 0.308 e. The fourth-order valence-corrected chi connectivity index (χ4v) is 0.973. The summed E-state index contributed by atoms with van der Waals surface area (Å²) in [4.78, 5) is 10.7. The molecule has 0 radical (unpaired) electrons. The molecule has 1 atom stereocenters. The third-order valence-corrected chi connectivity index (χ3v) is 1.39. The Morgan fingerprint density at radius 3 is 2.23 bits per heavy atom. The zero-order valence-electron chi connectivity index (χ0n) is 8.58. The number of hydrogen-bond acceptors (Lipinski definition) is 3. The van der Waals surface area contributed by atoms with Crippen molar-refractivity contribution in [1.29, 1.82) is 0 Å². The molecule has 0 spiro atoms. The first-order chi connectivity index (χ1) is 5.35. The van der Waals surface area contributed by atoms with E-state index >= 15 is 0 Å². The number of aliphatic hydroxyl groups excluding tert-OH is 1. The van der Waals surface area contributed by atoms with Gasteiger partial charge in [-0.15, -0.1) is 0 Å². The summed E-state index contributed by atoms with van der Waals surface area (Å²) < 4.78 is 5.07. The first-order valence-electron chi connectivity index (χ1n) is 3.90. The van der Waals surface area contributed by atoms with Crippen LogP contribution in [0.15, 0.2) is 0 Å². The van der Waals surface area contributed by atoms with Crippen LogP contribution in [0.2, 0.25) is 0 Å². The highest BCUT2D eigenvalue weighted by molar-refractivity contribution is 5.69. The monoisotopic (exact) mass is 255 g/mol. The summed E-state index contributed by atoms with van der Waals surface area (Å²) in [7, 11) is 7.20. The normalized spacial score (nSPS) is 13.0. The number of halogens is 1. The largest absolute Gasteiger partial charge is 1.00 e. The topological polar surface area (TPSA) is 46.5 Å². The summed E-state index contributed by atoms with van der Waals surface area (Å²) >= 11 is 0. The van der Waals surface area contributed by atoms with Crippen molar-refractivity contribution in [3.05, 3.63) is 0 Å². The van der Waals surface area contributed by atoms with E-state index in [9.17, 15) is 9.90 Å². The zero-order valence-corrected chi connectivity index (χ0v) is 10.2. The Morgan fingerprint density at radius 2 is 1.92 bits per heavy atom. The summed E-state index contributed by atoms with van der Waals surface area (Å²) in [6.45, 7) is 0.551. The minimum atomic E-state index is -0.613. The van der Waals surface area contributed by atoms with Crippen molar-refractivity contribution in [3.8, 4) is 0 Å². The van der Waals surface area contributed by atoms with Gasteiger partial charge in [0.25, 0.3) is 0 Å². The Bertz CT molecular complexity index is 156. The van der Waals surface area contributed by atoms with Gasteiger partial charge >= 0.3 is 5.97 Å². The number of carbonyl (C=O) groups excluding carboxylic acids is 1. The van der Waals surface area contributed by atoms with Crippen LogP contribution in [-0.4, -0.2) is 56.5 Å². The van der Waals surface area contributed by atoms with Crippen LogP contribution in [-0.2, 0) is 9.53 Å². The molecule has 0 aliphatic heterocycles. The van der Waals surface area contributed by atoms with Crippen molar-refractivity contribution in [2.75, 3.05) is 34.8 Å². The van der Waals surface area contributed by atoms with E-state index in [0.717, 1.165) is 0 Å². The third-order valence-electron chi connectivity index (χ3n) is 1.39. The highest BCUT2D eigenvalue weighted by Crippen LogP contribution is 1.99. The van der Waals surface area contributed by atoms with E-state index in [1.54, 1.807) is 0 Å². The lowest BCUT2D eigenvalue weighted by atomic mass is 10.2. The third kappa shape index (κ3) is 9.79. The summed E-state index contributed by atoms with van der Waals surface area (Å²) in [5.41, 5.74) is 0. The molecule has 0 rings (SSSR count). The maximum absolute atomic E-state index is 10.7. The Balaban J connectivity index is 0. The number of likely N-dealkylation sites (N-methyl/N-ethyl adjacent to an activating group) is 1. The lowest BCUT2D eigenvalue weighted by Gasteiger charge is -2.26. The molecule has 80 valence electrons. The van der Waals surface area contributed by atoms with Gasteiger partial charge in [-0.1, -0.05) is 0 Å². The van der Waals surface area contributed by atoms with Gasteiger partial charge in [-0.3, -0.25) is 4.79 Å². The number of aliphatic hydroxyl groups is 1. The van der Waals surface area contributed by atoms with E-state index < -0.39 is 6.10 Å². The van der Waals surface area contributed by atoms with Crippen LogP contribution in [0.1, 0.15) is 6.42 Å². The Labute approximate surface area is 89.8 Å². The smallest absolute Gasteiger partial charge is 0.308 e.